The van der Waals surface area contributed by atoms with E-state index >= 15 is 0 Å². The minimum Gasteiger partial charge on any atom is -0.443 e. The largest absolute Gasteiger partial charge is 0.443 e. The summed E-state index contributed by atoms with van der Waals surface area (Å²) < 4.78 is 7.76. The normalized spacial score (nSPS) is 12.5. The summed E-state index contributed by atoms with van der Waals surface area (Å²) in [4.78, 5) is 8.53. The van der Waals surface area contributed by atoms with Crippen molar-refractivity contribution >= 4 is 11.6 Å². The molecule has 8 nitrogen and oxygen atoms in total. The third-order valence-corrected chi connectivity index (χ3v) is 3.95. The number of aliphatic imine (C=N–C) groups is 1. The first-order valence-electron chi connectivity index (χ1n) is 8.66. The summed E-state index contributed by atoms with van der Waals surface area (Å²) in [7, 11) is 1.73. The molecule has 0 aliphatic heterocycles. The van der Waals surface area contributed by atoms with Crippen molar-refractivity contribution in [3.8, 4) is 0 Å². The summed E-state index contributed by atoms with van der Waals surface area (Å²) in [6.07, 6.45) is 4.48. The molecule has 0 radical (unpaired) electrons. The number of oxazole rings is 1. The van der Waals surface area contributed by atoms with Gasteiger partial charge in [0.2, 0.25) is 5.89 Å². The number of nitrogens with zero attached hydrogens (tertiary/aromatic N) is 5. The molecule has 0 atom stereocenters. The van der Waals surface area contributed by atoms with Gasteiger partial charge in [0.15, 0.2) is 11.6 Å². The molecular formula is C18H25N7O. The van der Waals surface area contributed by atoms with Crippen LogP contribution in [0.15, 0.2) is 40.0 Å². The van der Waals surface area contributed by atoms with Gasteiger partial charge in [-0.25, -0.2) is 4.98 Å². The van der Waals surface area contributed by atoms with Crippen LogP contribution >= 0.6 is 0 Å². The lowest BCUT2D eigenvalue weighted by Crippen LogP contribution is -2.38. The van der Waals surface area contributed by atoms with Crippen LogP contribution in [0.4, 0.5) is 0 Å². The van der Waals surface area contributed by atoms with E-state index in [1.54, 1.807) is 13.2 Å². The Labute approximate surface area is 152 Å². The molecule has 2 N–H and O–H groups in total. The third kappa shape index (κ3) is 4.19. The van der Waals surface area contributed by atoms with Crippen LogP contribution in [0.2, 0.25) is 0 Å². The molecule has 0 amide bonds. The fraction of sp³-hybridized carbons (Fsp3) is 0.444. The lowest BCUT2D eigenvalue weighted by atomic mass is 9.94. The topological polar surface area (TPSA) is 92.6 Å². The molecule has 0 aliphatic rings. The Morgan fingerprint density at radius 2 is 2.08 bits per heavy atom. The fourth-order valence-corrected chi connectivity index (χ4v) is 2.47. The number of guanidine groups is 1. The van der Waals surface area contributed by atoms with Crippen LogP contribution in [-0.4, -0.2) is 39.1 Å². The second-order valence-electron chi connectivity index (χ2n) is 7.02. The van der Waals surface area contributed by atoms with Gasteiger partial charge in [0.1, 0.15) is 11.6 Å². The SMILES string of the molecule is CN=C(NCCc1nnc2ccccn12)NCc1ncc(C(C)(C)C)o1. The summed E-state index contributed by atoms with van der Waals surface area (Å²) in [6, 6.07) is 5.86. The Morgan fingerprint density at radius 3 is 2.81 bits per heavy atom. The highest BCUT2D eigenvalue weighted by Crippen LogP contribution is 2.22. The minimum atomic E-state index is -0.0494. The number of hydrogen-bond acceptors (Lipinski definition) is 5. The van der Waals surface area contributed by atoms with Gasteiger partial charge in [-0.3, -0.25) is 9.39 Å². The fourth-order valence-electron chi connectivity index (χ4n) is 2.47. The summed E-state index contributed by atoms with van der Waals surface area (Å²) >= 11 is 0. The van der Waals surface area contributed by atoms with Crippen molar-refractivity contribution < 1.29 is 4.42 Å². The molecule has 0 fully saturated rings. The van der Waals surface area contributed by atoms with Crippen molar-refractivity contribution in [2.75, 3.05) is 13.6 Å². The van der Waals surface area contributed by atoms with Crippen LogP contribution in [-0.2, 0) is 18.4 Å². The molecule has 0 aromatic carbocycles. The number of aromatic nitrogens is 4. The van der Waals surface area contributed by atoms with Gasteiger partial charge in [0.05, 0.1) is 12.7 Å². The van der Waals surface area contributed by atoms with Crippen LogP contribution in [0, 0.1) is 0 Å². The van der Waals surface area contributed by atoms with Crippen LogP contribution in [0.5, 0.6) is 0 Å². The molecule has 8 heteroatoms. The molecule has 0 saturated carbocycles. The highest BCUT2D eigenvalue weighted by Gasteiger charge is 2.19. The van der Waals surface area contributed by atoms with E-state index in [2.05, 4.69) is 51.6 Å². The molecule has 3 aromatic heterocycles. The van der Waals surface area contributed by atoms with Gasteiger partial charge in [0, 0.05) is 31.6 Å². The number of nitrogens with one attached hydrogen (secondary N) is 2. The Bertz CT molecular complexity index is 888. The predicted octanol–water partition coefficient (Wildman–Crippen LogP) is 1.92. The molecule has 3 rings (SSSR count). The molecule has 3 aromatic rings. The summed E-state index contributed by atoms with van der Waals surface area (Å²) in [5.74, 6) is 3.11. The van der Waals surface area contributed by atoms with E-state index in [1.165, 1.54) is 0 Å². The van der Waals surface area contributed by atoms with Gasteiger partial charge in [0.25, 0.3) is 0 Å². The summed E-state index contributed by atoms with van der Waals surface area (Å²) in [5.41, 5.74) is 0.801. The highest BCUT2D eigenvalue weighted by molar-refractivity contribution is 5.79. The highest BCUT2D eigenvalue weighted by atomic mass is 16.4. The first-order chi connectivity index (χ1) is 12.5. The van der Waals surface area contributed by atoms with Gasteiger partial charge < -0.3 is 15.1 Å². The predicted molar refractivity (Wildman–Crippen MR) is 100 cm³/mol. The Morgan fingerprint density at radius 1 is 1.23 bits per heavy atom. The molecule has 26 heavy (non-hydrogen) atoms. The van der Waals surface area contributed by atoms with Gasteiger partial charge in [-0.2, -0.15) is 0 Å². The first kappa shape index (κ1) is 17.9. The minimum absolute atomic E-state index is 0.0494. The molecule has 0 aliphatic carbocycles. The van der Waals surface area contributed by atoms with E-state index in [-0.39, 0.29) is 5.41 Å². The second-order valence-corrected chi connectivity index (χ2v) is 7.02. The van der Waals surface area contributed by atoms with E-state index in [0.717, 1.165) is 23.7 Å². The van der Waals surface area contributed by atoms with Gasteiger partial charge in [-0.05, 0) is 12.1 Å². The van der Waals surface area contributed by atoms with E-state index in [1.807, 2.05) is 28.8 Å². The molecule has 0 saturated heterocycles. The summed E-state index contributed by atoms with van der Waals surface area (Å²) in [6.45, 7) is 7.45. The quantitative estimate of drug-likeness (QED) is 0.537. The van der Waals surface area contributed by atoms with Crippen LogP contribution < -0.4 is 10.6 Å². The van der Waals surface area contributed by atoms with Crippen molar-refractivity contribution in [2.45, 2.75) is 39.2 Å². The molecule has 0 bridgehead atoms. The second kappa shape index (κ2) is 7.55. The van der Waals surface area contributed by atoms with E-state index in [4.69, 9.17) is 4.42 Å². The third-order valence-electron chi connectivity index (χ3n) is 3.95. The Hall–Kier alpha value is -2.90. The van der Waals surface area contributed by atoms with E-state index in [9.17, 15) is 0 Å². The van der Waals surface area contributed by atoms with Crippen LogP contribution in [0.25, 0.3) is 5.65 Å². The maximum atomic E-state index is 5.78. The molecule has 0 spiro atoms. The summed E-state index contributed by atoms with van der Waals surface area (Å²) in [5, 5.41) is 14.9. The Balaban J connectivity index is 1.50. The average Bonchev–Trinajstić information content (AvgIpc) is 3.25. The van der Waals surface area contributed by atoms with Crippen LogP contribution in [0.3, 0.4) is 0 Å². The molecule has 0 unspecified atom stereocenters. The number of hydrogen-bond donors (Lipinski definition) is 2. The van der Waals surface area contributed by atoms with Crippen molar-refractivity contribution in [1.82, 2.24) is 30.2 Å². The molecular weight excluding hydrogens is 330 g/mol. The van der Waals surface area contributed by atoms with Crippen molar-refractivity contribution in [1.29, 1.82) is 0 Å². The van der Waals surface area contributed by atoms with Gasteiger partial charge >= 0.3 is 0 Å². The average molecular weight is 355 g/mol. The molecule has 3 heterocycles. The Kier molecular flexibility index (Phi) is 5.20. The van der Waals surface area contributed by atoms with Crippen molar-refractivity contribution in [3.63, 3.8) is 0 Å². The monoisotopic (exact) mass is 355 g/mol. The zero-order valence-corrected chi connectivity index (χ0v) is 15.7. The zero-order valence-electron chi connectivity index (χ0n) is 15.7. The smallest absolute Gasteiger partial charge is 0.213 e. The van der Waals surface area contributed by atoms with E-state index < -0.39 is 0 Å². The van der Waals surface area contributed by atoms with Crippen molar-refractivity contribution in [2.24, 2.45) is 4.99 Å². The van der Waals surface area contributed by atoms with Gasteiger partial charge in [-0.15, -0.1) is 10.2 Å². The van der Waals surface area contributed by atoms with Gasteiger partial charge in [-0.1, -0.05) is 26.8 Å². The lowest BCUT2D eigenvalue weighted by Gasteiger charge is -2.13. The number of rotatable bonds is 5. The van der Waals surface area contributed by atoms with Crippen molar-refractivity contribution in [3.05, 3.63) is 48.1 Å². The number of pyridine rings is 1. The molecule has 138 valence electrons. The maximum absolute atomic E-state index is 5.78. The first-order valence-corrected chi connectivity index (χ1v) is 8.66. The number of fused-ring (bicyclic) bond motifs is 1. The van der Waals surface area contributed by atoms with Crippen LogP contribution in [0.1, 0.15) is 38.2 Å². The van der Waals surface area contributed by atoms with E-state index in [0.29, 0.717) is 24.9 Å². The standard InChI is InChI=1S/C18H25N7O/c1-18(2,3)13-11-21-16(26-13)12-22-17(19-4)20-9-8-15-24-23-14-7-5-6-10-25(14)15/h5-7,10-11H,8-9,12H2,1-4H3,(H2,19,20,22). The maximum Gasteiger partial charge on any atom is 0.213 e. The zero-order chi connectivity index (χ0) is 18.6. The lowest BCUT2D eigenvalue weighted by molar-refractivity contribution is 0.379.